The molecule has 0 saturated carbocycles. The van der Waals surface area contributed by atoms with Crippen molar-refractivity contribution in [3.63, 3.8) is 0 Å². The summed E-state index contributed by atoms with van der Waals surface area (Å²) in [6.07, 6.45) is 2.50. The molecule has 152 valence electrons. The van der Waals surface area contributed by atoms with Crippen LogP contribution < -0.4 is 9.47 Å². The molecule has 0 heterocycles. The molecule has 0 aliphatic rings. The molecule has 0 unspecified atom stereocenters. The predicted molar refractivity (Wildman–Crippen MR) is 109 cm³/mol. The molecule has 3 rings (SSSR count). The van der Waals surface area contributed by atoms with Gasteiger partial charge >= 0.3 is 5.97 Å². The number of rotatable bonds is 7. The Morgan fingerprint density at radius 2 is 1.59 bits per heavy atom. The van der Waals surface area contributed by atoms with E-state index in [0.717, 1.165) is 16.8 Å². The van der Waals surface area contributed by atoms with E-state index >= 15 is 0 Å². The highest BCUT2D eigenvalue weighted by Gasteiger charge is 2.18. The van der Waals surface area contributed by atoms with Gasteiger partial charge in [0.25, 0.3) is 0 Å². The molecule has 7 nitrogen and oxygen atoms in total. The minimum absolute atomic E-state index is 0.237. The number of carboxylic acid groups (broad SMARTS) is 1. The summed E-state index contributed by atoms with van der Waals surface area (Å²) in [5.41, 5.74) is 2.10. The van der Waals surface area contributed by atoms with E-state index in [4.69, 9.17) is 14.6 Å². The van der Waals surface area contributed by atoms with Gasteiger partial charge in [-0.3, -0.25) is 0 Å². The van der Waals surface area contributed by atoms with E-state index < -0.39 is 5.97 Å². The fraction of sp³-hybridized carbons (Fsp3) is 0.227. The molecule has 29 heavy (non-hydrogen) atoms. The zero-order valence-corrected chi connectivity index (χ0v) is 16.1. The number of hydrogen-bond acceptors (Lipinski definition) is 6. The van der Waals surface area contributed by atoms with E-state index in [1.165, 1.54) is 20.3 Å². The average molecular weight is 398 g/mol. The summed E-state index contributed by atoms with van der Waals surface area (Å²) in [7, 11) is 2.96. The highest BCUT2D eigenvalue weighted by Crippen LogP contribution is 2.40. The van der Waals surface area contributed by atoms with Crippen molar-refractivity contribution in [3.8, 4) is 11.5 Å². The van der Waals surface area contributed by atoms with Gasteiger partial charge in [-0.2, -0.15) is 0 Å². The van der Waals surface area contributed by atoms with E-state index in [0.29, 0.717) is 44.5 Å². The molecule has 0 spiro atoms. The summed E-state index contributed by atoms with van der Waals surface area (Å²) in [5, 5.41) is 41.6. The highest BCUT2D eigenvalue weighted by molar-refractivity contribution is 6.14. The molecule has 0 bridgehead atoms. The van der Waals surface area contributed by atoms with Crippen LogP contribution >= 0.6 is 0 Å². The van der Waals surface area contributed by atoms with Crippen molar-refractivity contribution in [2.24, 2.45) is 0 Å². The van der Waals surface area contributed by atoms with Gasteiger partial charge in [-0.25, -0.2) is 4.79 Å². The zero-order chi connectivity index (χ0) is 21.1. The summed E-state index contributed by atoms with van der Waals surface area (Å²) in [6.45, 7) is -0.932. The van der Waals surface area contributed by atoms with Crippen LogP contribution in [0.25, 0.3) is 27.6 Å². The molecular formula is C22H22O7. The lowest BCUT2D eigenvalue weighted by Gasteiger charge is -2.19. The van der Waals surface area contributed by atoms with Crippen molar-refractivity contribution in [1.82, 2.24) is 0 Å². The van der Waals surface area contributed by atoms with Gasteiger partial charge in [0, 0.05) is 17.2 Å². The monoisotopic (exact) mass is 398 g/mol. The normalized spacial score (nSPS) is 11.5. The molecule has 3 aromatic rings. The standard InChI is InChI=1S/C22H22O7/c1-28-19-7-13-5-12(3-4-21(26)27)16-8-20(29-2)17(10-24)18(11-25)22(16)15(13)6-14(19)9-23/h3-8,23-25H,9-11H2,1-2H3,(H,26,27). The van der Waals surface area contributed by atoms with Gasteiger partial charge in [0.05, 0.1) is 34.0 Å². The highest BCUT2D eigenvalue weighted by atomic mass is 16.5. The molecule has 0 amide bonds. The minimum Gasteiger partial charge on any atom is -0.496 e. The largest absolute Gasteiger partial charge is 0.496 e. The van der Waals surface area contributed by atoms with E-state index in [-0.39, 0.29) is 19.8 Å². The van der Waals surface area contributed by atoms with Crippen molar-refractivity contribution in [1.29, 1.82) is 0 Å². The van der Waals surface area contributed by atoms with Gasteiger partial charge in [-0.1, -0.05) is 0 Å². The Hall–Kier alpha value is -3.13. The van der Waals surface area contributed by atoms with Crippen LogP contribution in [0.2, 0.25) is 0 Å². The fourth-order valence-corrected chi connectivity index (χ4v) is 3.65. The van der Waals surface area contributed by atoms with Gasteiger partial charge in [0.15, 0.2) is 0 Å². The maximum Gasteiger partial charge on any atom is 0.328 e. The number of fused-ring (bicyclic) bond motifs is 3. The summed E-state index contributed by atoms with van der Waals surface area (Å²) in [5.74, 6) is -0.203. The van der Waals surface area contributed by atoms with E-state index in [2.05, 4.69) is 0 Å². The molecule has 3 aromatic carbocycles. The van der Waals surface area contributed by atoms with Crippen LogP contribution in [0.3, 0.4) is 0 Å². The fourth-order valence-electron chi connectivity index (χ4n) is 3.65. The van der Waals surface area contributed by atoms with Gasteiger partial charge in [0.1, 0.15) is 11.5 Å². The Bertz CT molecular complexity index is 1120. The zero-order valence-electron chi connectivity index (χ0n) is 16.1. The molecule has 0 aliphatic carbocycles. The number of aliphatic hydroxyl groups excluding tert-OH is 3. The van der Waals surface area contributed by atoms with Crippen molar-refractivity contribution in [3.05, 3.63) is 52.6 Å². The number of ether oxygens (including phenoxy) is 2. The Morgan fingerprint density at radius 3 is 2.14 bits per heavy atom. The van der Waals surface area contributed by atoms with Crippen molar-refractivity contribution < 1.29 is 34.7 Å². The Balaban J connectivity index is 2.57. The summed E-state index contributed by atoms with van der Waals surface area (Å²) in [4.78, 5) is 11.1. The first kappa shape index (κ1) is 20.6. The maximum atomic E-state index is 11.1. The third kappa shape index (κ3) is 3.63. The quantitative estimate of drug-likeness (QED) is 0.357. The predicted octanol–water partition coefficient (Wildman–Crippen LogP) is 2.58. The Kier molecular flexibility index (Phi) is 6.03. The number of aliphatic hydroxyl groups is 3. The van der Waals surface area contributed by atoms with Crippen LogP contribution in [0, 0.1) is 0 Å². The molecule has 0 aromatic heterocycles. The number of methoxy groups -OCH3 is 2. The van der Waals surface area contributed by atoms with Crippen molar-refractivity contribution >= 4 is 33.6 Å². The second kappa shape index (κ2) is 8.48. The Labute approximate surface area is 167 Å². The number of aliphatic carboxylic acids is 1. The van der Waals surface area contributed by atoms with Gasteiger partial charge in [0.2, 0.25) is 0 Å². The number of carboxylic acids is 1. The molecule has 7 heteroatoms. The van der Waals surface area contributed by atoms with Gasteiger partial charge in [-0.15, -0.1) is 0 Å². The van der Waals surface area contributed by atoms with Crippen LogP contribution in [0.15, 0.2) is 30.3 Å². The van der Waals surface area contributed by atoms with E-state index in [1.807, 2.05) is 0 Å². The average Bonchev–Trinajstić information content (AvgIpc) is 2.74. The maximum absolute atomic E-state index is 11.1. The van der Waals surface area contributed by atoms with Crippen LogP contribution in [-0.2, 0) is 24.6 Å². The summed E-state index contributed by atoms with van der Waals surface area (Å²) < 4.78 is 10.7. The van der Waals surface area contributed by atoms with Crippen LogP contribution in [0.1, 0.15) is 22.3 Å². The lowest BCUT2D eigenvalue weighted by Crippen LogP contribution is -2.02. The molecule has 4 N–H and O–H groups in total. The van der Waals surface area contributed by atoms with Crippen molar-refractivity contribution in [2.45, 2.75) is 19.8 Å². The molecule has 0 atom stereocenters. The molecule has 0 saturated heterocycles. The first-order chi connectivity index (χ1) is 14.0. The first-order valence-electron chi connectivity index (χ1n) is 8.88. The van der Waals surface area contributed by atoms with Crippen molar-refractivity contribution in [2.75, 3.05) is 14.2 Å². The number of benzene rings is 3. The lowest BCUT2D eigenvalue weighted by atomic mass is 9.89. The minimum atomic E-state index is -1.09. The number of hydrogen-bond donors (Lipinski definition) is 4. The van der Waals surface area contributed by atoms with Crippen LogP contribution in [-0.4, -0.2) is 40.6 Å². The van der Waals surface area contributed by atoms with Gasteiger partial charge < -0.3 is 29.9 Å². The lowest BCUT2D eigenvalue weighted by molar-refractivity contribution is -0.131. The molecular weight excluding hydrogens is 376 g/mol. The molecule has 0 aliphatic heterocycles. The molecule has 0 fully saturated rings. The van der Waals surface area contributed by atoms with Gasteiger partial charge in [-0.05, 0) is 63.0 Å². The second-order valence-electron chi connectivity index (χ2n) is 6.46. The van der Waals surface area contributed by atoms with Crippen LogP contribution in [0.5, 0.6) is 11.5 Å². The van der Waals surface area contributed by atoms with Crippen LogP contribution in [0.4, 0.5) is 0 Å². The first-order valence-corrected chi connectivity index (χ1v) is 8.88. The third-order valence-corrected chi connectivity index (χ3v) is 4.96. The number of carbonyl (C=O) groups is 1. The Morgan fingerprint density at radius 1 is 0.897 bits per heavy atom. The topological polar surface area (TPSA) is 116 Å². The SMILES string of the molecule is COc1cc2cc(C=CC(=O)O)c3cc(OC)c(CO)c(CO)c3c2cc1CO. The second-order valence-corrected chi connectivity index (χ2v) is 6.46. The third-order valence-electron chi connectivity index (χ3n) is 4.96. The summed E-state index contributed by atoms with van der Waals surface area (Å²) >= 11 is 0. The van der Waals surface area contributed by atoms with E-state index in [9.17, 15) is 20.1 Å². The van der Waals surface area contributed by atoms with E-state index in [1.54, 1.807) is 24.3 Å². The summed E-state index contributed by atoms with van der Waals surface area (Å²) in [6, 6.07) is 7.04. The smallest absolute Gasteiger partial charge is 0.328 e. The molecule has 0 radical (unpaired) electrons.